The summed E-state index contributed by atoms with van der Waals surface area (Å²) in [5, 5.41) is 3.03. The molecular formula is C12H16FNO. The van der Waals surface area contributed by atoms with Crippen LogP contribution < -0.4 is 5.32 Å². The predicted octanol–water partition coefficient (Wildman–Crippen LogP) is 1.89. The number of nitrogens with one attached hydrogen (secondary N) is 1. The van der Waals surface area contributed by atoms with Crippen LogP contribution in [0.4, 0.5) is 4.39 Å². The largest absolute Gasteiger partial charge is 0.309 e. The van der Waals surface area contributed by atoms with E-state index >= 15 is 0 Å². The van der Waals surface area contributed by atoms with Crippen LogP contribution in [0.15, 0.2) is 24.3 Å². The first kappa shape index (κ1) is 11.9. The Labute approximate surface area is 89.5 Å². The molecule has 0 bridgehead atoms. The molecule has 1 aromatic carbocycles. The van der Waals surface area contributed by atoms with Crippen molar-refractivity contribution in [1.82, 2.24) is 5.32 Å². The summed E-state index contributed by atoms with van der Waals surface area (Å²) in [6.07, 6.45) is 0.834. The van der Waals surface area contributed by atoms with Crippen LogP contribution in [0.25, 0.3) is 0 Å². The molecule has 15 heavy (non-hydrogen) atoms. The number of halogens is 1. The molecule has 1 aromatic rings. The minimum Gasteiger partial charge on any atom is -0.309 e. The first-order valence-corrected chi connectivity index (χ1v) is 4.96. The lowest BCUT2D eigenvalue weighted by atomic mass is 9.84. The van der Waals surface area contributed by atoms with Crippen molar-refractivity contribution in [3.8, 4) is 0 Å². The van der Waals surface area contributed by atoms with Crippen molar-refractivity contribution in [3.05, 3.63) is 35.6 Å². The van der Waals surface area contributed by atoms with Gasteiger partial charge in [-0.1, -0.05) is 26.0 Å². The van der Waals surface area contributed by atoms with Gasteiger partial charge < -0.3 is 10.1 Å². The molecule has 1 N–H and O–H groups in total. The summed E-state index contributed by atoms with van der Waals surface area (Å²) in [6, 6.07) is 6.46. The van der Waals surface area contributed by atoms with Crippen LogP contribution in [0, 0.1) is 5.82 Å². The van der Waals surface area contributed by atoms with E-state index in [1.165, 1.54) is 12.1 Å². The first-order valence-electron chi connectivity index (χ1n) is 4.96. The number of aldehydes is 1. The van der Waals surface area contributed by atoms with Crippen molar-refractivity contribution >= 4 is 6.29 Å². The molecule has 0 amide bonds. The fraction of sp³-hybridized carbons (Fsp3) is 0.417. The highest BCUT2D eigenvalue weighted by molar-refractivity contribution is 5.51. The second kappa shape index (κ2) is 5.03. The Bertz CT molecular complexity index is 319. The molecule has 0 spiro atoms. The van der Waals surface area contributed by atoms with Crippen LogP contribution >= 0.6 is 0 Å². The Morgan fingerprint density at radius 3 is 2.47 bits per heavy atom. The smallest absolute Gasteiger partial charge is 0.133 e. The van der Waals surface area contributed by atoms with E-state index in [1.54, 1.807) is 12.1 Å². The van der Waals surface area contributed by atoms with Crippen molar-refractivity contribution in [3.63, 3.8) is 0 Å². The Morgan fingerprint density at radius 2 is 1.93 bits per heavy atom. The molecule has 0 saturated carbocycles. The highest BCUT2D eigenvalue weighted by Gasteiger charge is 2.19. The van der Waals surface area contributed by atoms with Crippen LogP contribution in [0.3, 0.4) is 0 Å². The summed E-state index contributed by atoms with van der Waals surface area (Å²) < 4.78 is 12.7. The van der Waals surface area contributed by atoms with E-state index in [0.717, 1.165) is 11.8 Å². The number of carbonyl (C=O) groups excluding carboxylic acids is 1. The van der Waals surface area contributed by atoms with Crippen LogP contribution in [0.1, 0.15) is 19.4 Å². The summed E-state index contributed by atoms with van der Waals surface area (Å²) in [7, 11) is 0. The van der Waals surface area contributed by atoms with Crippen LogP contribution in [-0.2, 0) is 10.2 Å². The zero-order chi connectivity index (χ0) is 11.3. The summed E-state index contributed by atoms with van der Waals surface area (Å²) in [5.41, 5.74) is 0.957. The lowest BCUT2D eigenvalue weighted by molar-refractivity contribution is -0.107. The Kier molecular flexibility index (Phi) is 3.97. The Morgan fingerprint density at radius 1 is 1.33 bits per heavy atom. The second-order valence-electron chi connectivity index (χ2n) is 4.19. The van der Waals surface area contributed by atoms with Gasteiger partial charge in [-0.15, -0.1) is 0 Å². The van der Waals surface area contributed by atoms with Gasteiger partial charge in [0.25, 0.3) is 0 Å². The number of rotatable bonds is 5. The highest BCUT2D eigenvalue weighted by atomic mass is 19.1. The fourth-order valence-electron chi connectivity index (χ4n) is 1.45. The zero-order valence-corrected chi connectivity index (χ0v) is 9.09. The molecule has 0 aromatic heterocycles. The van der Waals surface area contributed by atoms with Crippen LogP contribution in [0.2, 0.25) is 0 Å². The molecule has 3 heteroatoms. The van der Waals surface area contributed by atoms with E-state index in [2.05, 4.69) is 19.2 Å². The quantitative estimate of drug-likeness (QED) is 0.592. The maximum Gasteiger partial charge on any atom is 0.133 e. The van der Waals surface area contributed by atoms with Gasteiger partial charge in [-0.3, -0.25) is 0 Å². The average molecular weight is 209 g/mol. The fourth-order valence-corrected chi connectivity index (χ4v) is 1.45. The Hall–Kier alpha value is -1.22. The van der Waals surface area contributed by atoms with Gasteiger partial charge in [0.15, 0.2) is 0 Å². The molecule has 0 heterocycles. The third kappa shape index (κ3) is 3.44. The average Bonchev–Trinajstić information content (AvgIpc) is 2.18. The van der Waals surface area contributed by atoms with Crippen LogP contribution in [-0.4, -0.2) is 19.4 Å². The molecule has 0 aliphatic heterocycles. The third-order valence-corrected chi connectivity index (χ3v) is 2.42. The monoisotopic (exact) mass is 209 g/mol. The maximum absolute atomic E-state index is 12.7. The standard InChI is InChI=1S/C12H16FNO/c1-12(2,9-14-7-8-15)10-3-5-11(13)6-4-10/h3-6,8,14H,7,9H2,1-2H3. The van der Waals surface area contributed by atoms with E-state index in [4.69, 9.17) is 0 Å². The van der Waals surface area contributed by atoms with Crippen molar-refractivity contribution in [2.24, 2.45) is 0 Å². The van der Waals surface area contributed by atoms with Gasteiger partial charge in [-0.25, -0.2) is 4.39 Å². The molecule has 0 fully saturated rings. The molecule has 0 atom stereocenters. The van der Waals surface area contributed by atoms with Crippen LogP contribution in [0.5, 0.6) is 0 Å². The van der Waals surface area contributed by atoms with Crippen molar-refractivity contribution in [1.29, 1.82) is 0 Å². The topological polar surface area (TPSA) is 29.1 Å². The number of carbonyl (C=O) groups is 1. The lowest BCUT2D eigenvalue weighted by Gasteiger charge is -2.25. The van der Waals surface area contributed by atoms with Gasteiger partial charge in [0.2, 0.25) is 0 Å². The van der Waals surface area contributed by atoms with Gasteiger partial charge in [-0.05, 0) is 17.7 Å². The molecule has 0 radical (unpaired) electrons. The molecule has 82 valence electrons. The molecule has 0 saturated heterocycles. The van der Waals surface area contributed by atoms with Crippen molar-refractivity contribution in [2.75, 3.05) is 13.1 Å². The SMILES string of the molecule is CC(C)(CNCC=O)c1ccc(F)cc1. The minimum atomic E-state index is -0.226. The van der Waals surface area contributed by atoms with E-state index in [-0.39, 0.29) is 11.2 Å². The predicted molar refractivity (Wildman–Crippen MR) is 58.4 cm³/mol. The minimum absolute atomic E-state index is 0.100. The molecule has 0 aliphatic rings. The summed E-state index contributed by atoms with van der Waals surface area (Å²) in [5.74, 6) is -0.226. The molecule has 0 aliphatic carbocycles. The molecule has 0 unspecified atom stereocenters. The van der Waals surface area contributed by atoms with E-state index < -0.39 is 0 Å². The number of hydrogen-bond acceptors (Lipinski definition) is 2. The summed E-state index contributed by atoms with van der Waals surface area (Å²) in [6.45, 7) is 5.15. The van der Waals surface area contributed by atoms with Gasteiger partial charge in [-0.2, -0.15) is 0 Å². The van der Waals surface area contributed by atoms with Gasteiger partial charge in [0.1, 0.15) is 12.1 Å². The van der Waals surface area contributed by atoms with Gasteiger partial charge in [0.05, 0.1) is 6.54 Å². The molecule has 1 rings (SSSR count). The summed E-state index contributed by atoms with van der Waals surface area (Å²) in [4.78, 5) is 10.2. The van der Waals surface area contributed by atoms with Crippen molar-refractivity contribution < 1.29 is 9.18 Å². The summed E-state index contributed by atoms with van der Waals surface area (Å²) >= 11 is 0. The van der Waals surface area contributed by atoms with Gasteiger partial charge in [0, 0.05) is 12.0 Å². The zero-order valence-electron chi connectivity index (χ0n) is 9.09. The second-order valence-corrected chi connectivity index (χ2v) is 4.19. The van der Waals surface area contributed by atoms with Gasteiger partial charge >= 0.3 is 0 Å². The Balaban J connectivity index is 2.67. The first-order chi connectivity index (χ1) is 7.06. The molecular weight excluding hydrogens is 193 g/mol. The lowest BCUT2D eigenvalue weighted by Crippen LogP contribution is -2.33. The van der Waals surface area contributed by atoms with E-state index in [0.29, 0.717) is 13.1 Å². The van der Waals surface area contributed by atoms with E-state index in [9.17, 15) is 9.18 Å². The number of hydrogen-bond donors (Lipinski definition) is 1. The highest BCUT2D eigenvalue weighted by Crippen LogP contribution is 2.22. The van der Waals surface area contributed by atoms with E-state index in [1.807, 2.05) is 0 Å². The normalized spacial score (nSPS) is 11.4. The van der Waals surface area contributed by atoms with Crippen molar-refractivity contribution in [2.45, 2.75) is 19.3 Å². The third-order valence-electron chi connectivity index (χ3n) is 2.42. The number of benzene rings is 1. The maximum atomic E-state index is 12.7. The molecule has 2 nitrogen and oxygen atoms in total.